The summed E-state index contributed by atoms with van der Waals surface area (Å²) in [5.41, 5.74) is -2.22. The maximum atomic E-state index is 14.1. The zero-order valence-corrected chi connectivity index (χ0v) is 23.5. The quantitative estimate of drug-likeness (QED) is 0.511. The lowest BCUT2D eigenvalue weighted by Crippen LogP contribution is -2.64. The van der Waals surface area contributed by atoms with Crippen molar-refractivity contribution in [2.24, 2.45) is 0 Å². The Morgan fingerprint density at radius 1 is 1.10 bits per heavy atom. The van der Waals surface area contributed by atoms with Crippen LogP contribution in [-0.4, -0.2) is 96.6 Å². The average molecular weight is 563 g/mol. The molecule has 12 heteroatoms. The number of hydrogen-bond acceptors (Lipinski definition) is 8. The van der Waals surface area contributed by atoms with E-state index < -0.39 is 23.0 Å². The second kappa shape index (κ2) is 10.4. The first-order valence-corrected chi connectivity index (χ1v) is 13.9. The Kier molecular flexibility index (Phi) is 7.42. The van der Waals surface area contributed by atoms with Gasteiger partial charge in [-0.3, -0.25) is 4.90 Å². The molecule has 0 aliphatic carbocycles. The van der Waals surface area contributed by atoms with Gasteiger partial charge in [0.2, 0.25) is 0 Å². The van der Waals surface area contributed by atoms with Gasteiger partial charge in [0.05, 0.1) is 17.4 Å². The summed E-state index contributed by atoms with van der Waals surface area (Å²) < 4.78 is 53.7. The topological polar surface area (TPSA) is 85.2 Å². The molecule has 5 heterocycles. The van der Waals surface area contributed by atoms with Gasteiger partial charge in [0, 0.05) is 64.5 Å². The van der Waals surface area contributed by atoms with Crippen LogP contribution in [-0.2, 0) is 15.7 Å². The molecular formula is C28H37F3N6O3. The Balaban J connectivity index is 1.27. The first-order chi connectivity index (χ1) is 18.8. The number of hydrogen-bond donors (Lipinski definition) is 0. The van der Waals surface area contributed by atoms with Crippen LogP contribution in [0, 0.1) is 11.3 Å². The highest BCUT2D eigenvalue weighted by Gasteiger charge is 2.43. The van der Waals surface area contributed by atoms with E-state index >= 15 is 0 Å². The lowest BCUT2D eigenvalue weighted by molar-refractivity contribution is -0.141. The van der Waals surface area contributed by atoms with Crippen molar-refractivity contribution in [3.05, 3.63) is 29.5 Å². The van der Waals surface area contributed by atoms with Crippen molar-refractivity contribution < 1.29 is 27.4 Å². The Morgan fingerprint density at radius 2 is 1.75 bits per heavy atom. The van der Waals surface area contributed by atoms with E-state index in [1.54, 1.807) is 17.0 Å². The number of nitrogens with zero attached hydrogens (tertiary/aromatic N) is 6. The zero-order valence-electron chi connectivity index (χ0n) is 23.5. The number of anilines is 2. The van der Waals surface area contributed by atoms with Crippen LogP contribution in [0.3, 0.4) is 0 Å². The molecule has 1 amide bonds. The maximum Gasteiger partial charge on any atom is 0.434 e. The van der Waals surface area contributed by atoms with E-state index in [1.165, 1.54) is 0 Å². The fraction of sp³-hybridized carbons (Fsp3) is 0.679. The number of amides is 1. The number of carbonyl (C=O) groups is 1. The van der Waals surface area contributed by atoms with Crippen molar-refractivity contribution in [3.63, 3.8) is 0 Å². The number of piperidine rings is 1. The smallest absolute Gasteiger partial charge is 0.434 e. The molecule has 3 fully saturated rings. The third-order valence-corrected chi connectivity index (χ3v) is 8.08. The maximum absolute atomic E-state index is 14.1. The van der Waals surface area contributed by atoms with Crippen LogP contribution in [0.1, 0.15) is 51.8 Å². The number of ether oxygens (including phenoxy) is 2. The van der Waals surface area contributed by atoms with Gasteiger partial charge in [-0.2, -0.15) is 18.4 Å². The van der Waals surface area contributed by atoms with Crippen molar-refractivity contribution in [3.8, 4) is 6.07 Å². The van der Waals surface area contributed by atoms with E-state index in [1.807, 2.05) is 43.6 Å². The molecule has 1 spiro atoms. The first-order valence-electron chi connectivity index (χ1n) is 13.9. The largest absolute Gasteiger partial charge is 0.444 e. The van der Waals surface area contributed by atoms with Crippen LogP contribution in [0.15, 0.2) is 18.2 Å². The van der Waals surface area contributed by atoms with Crippen molar-refractivity contribution >= 4 is 17.6 Å². The second-order valence-electron chi connectivity index (χ2n) is 12.1. The van der Waals surface area contributed by atoms with Crippen LogP contribution >= 0.6 is 0 Å². The van der Waals surface area contributed by atoms with Crippen molar-refractivity contribution in [2.75, 3.05) is 62.2 Å². The molecule has 1 aromatic rings. The van der Waals surface area contributed by atoms with Crippen LogP contribution in [0.4, 0.5) is 29.5 Å². The predicted molar refractivity (Wildman–Crippen MR) is 143 cm³/mol. The van der Waals surface area contributed by atoms with E-state index in [0.717, 1.165) is 0 Å². The first kappa shape index (κ1) is 28.5. The van der Waals surface area contributed by atoms with E-state index in [4.69, 9.17) is 9.47 Å². The van der Waals surface area contributed by atoms with Crippen molar-refractivity contribution in [1.29, 1.82) is 5.26 Å². The molecule has 0 N–H and O–H groups in total. The summed E-state index contributed by atoms with van der Waals surface area (Å²) >= 11 is 0. The SMILES string of the molecule is CC1C=CC2(CCN(c3cc(N4CC(N5CCN(C(=O)OC(C)(C)C)CC5)C4)c(C#N)c(C(F)(F)F)n3)CC2)O1. The summed E-state index contributed by atoms with van der Waals surface area (Å²) in [5, 5.41) is 9.76. The molecule has 5 rings (SSSR count). The standard InChI is InChI=1S/C28H37F3N6O3/c1-19-5-6-27(39-19)7-9-35(10-8-27)23-15-22(21(16-32)24(33-23)28(29,30)31)37-17-20(18-37)34-11-13-36(14-12-34)25(38)40-26(2,3)4/h5-6,15,19-20H,7-14,17-18H2,1-4H3. The molecule has 1 aromatic heterocycles. The molecule has 0 bridgehead atoms. The van der Waals surface area contributed by atoms with Gasteiger partial charge in [-0.05, 0) is 40.5 Å². The predicted octanol–water partition coefficient (Wildman–Crippen LogP) is 4.03. The Morgan fingerprint density at radius 3 is 2.27 bits per heavy atom. The van der Waals surface area contributed by atoms with Crippen molar-refractivity contribution in [1.82, 2.24) is 14.8 Å². The lowest BCUT2D eigenvalue weighted by Gasteiger charge is -2.49. The van der Waals surface area contributed by atoms with Gasteiger partial charge in [-0.1, -0.05) is 12.2 Å². The van der Waals surface area contributed by atoms with Gasteiger partial charge in [0.15, 0.2) is 5.69 Å². The molecule has 4 aliphatic heterocycles. The van der Waals surface area contributed by atoms with Crippen LogP contribution < -0.4 is 9.80 Å². The number of piperazine rings is 1. The fourth-order valence-corrected chi connectivity index (χ4v) is 5.88. The van der Waals surface area contributed by atoms with Gasteiger partial charge in [-0.25, -0.2) is 9.78 Å². The molecule has 0 saturated carbocycles. The van der Waals surface area contributed by atoms with E-state index in [2.05, 4.69) is 16.0 Å². The molecule has 40 heavy (non-hydrogen) atoms. The average Bonchev–Trinajstić information content (AvgIpc) is 3.21. The number of rotatable bonds is 3. The van der Waals surface area contributed by atoms with Crippen LogP contribution in [0.5, 0.6) is 0 Å². The number of nitriles is 1. The van der Waals surface area contributed by atoms with Crippen molar-refractivity contribution in [2.45, 2.75) is 70.1 Å². The Hall–Kier alpha value is -3.04. The molecule has 4 aliphatic rings. The number of halogens is 3. The molecule has 1 atom stereocenters. The number of aromatic nitrogens is 1. The minimum Gasteiger partial charge on any atom is -0.444 e. The molecular weight excluding hydrogens is 525 g/mol. The highest BCUT2D eigenvalue weighted by atomic mass is 19.4. The van der Waals surface area contributed by atoms with E-state index in [0.29, 0.717) is 65.2 Å². The Bertz CT molecular complexity index is 1190. The molecule has 9 nitrogen and oxygen atoms in total. The normalized spacial score (nSPS) is 23.9. The molecule has 0 radical (unpaired) electrons. The minimum atomic E-state index is -4.75. The second-order valence-corrected chi connectivity index (χ2v) is 12.1. The minimum absolute atomic E-state index is 0.0303. The van der Waals surface area contributed by atoms with Gasteiger partial charge in [0.25, 0.3) is 0 Å². The number of carbonyl (C=O) groups excluding carboxylic acids is 1. The molecule has 3 saturated heterocycles. The van der Waals surface area contributed by atoms with E-state index in [9.17, 15) is 23.2 Å². The molecule has 1 unspecified atom stereocenters. The van der Waals surface area contributed by atoms with Crippen LogP contribution in [0.25, 0.3) is 0 Å². The third-order valence-electron chi connectivity index (χ3n) is 8.08. The summed E-state index contributed by atoms with van der Waals surface area (Å²) in [6.07, 6.45) is 0.359. The summed E-state index contributed by atoms with van der Waals surface area (Å²) in [5.74, 6) is 0.237. The number of pyridine rings is 1. The third kappa shape index (κ3) is 5.86. The monoisotopic (exact) mass is 562 g/mol. The fourth-order valence-electron chi connectivity index (χ4n) is 5.88. The van der Waals surface area contributed by atoms with Crippen LogP contribution in [0.2, 0.25) is 0 Å². The lowest BCUT2D eigenvalue weighted by atomic mass is 9.91. The van der Waals surface area contributed by atoms with E-state index in [-0.39, 0.29) is 35.3 Å². The van der Waals surface area contributed by atoms with Gasteiger partial charge in [0.1, 0.15) is 23.1 Å². The van der Waals surface area contributed by atoms with Gasteiger partial charge >= 0.3 is 12.3 Å². The molecule has 218 valence electrons. The summed E-state index contributed by atoms with van der Waals surface area (Å²) in [7, 11) is 0. The molecule has 0 aromatic carbocycles. The zero-order chi connectivity index (χ0) is 28.9. The van der Waals surface area contributed by atoms with Gasteiger partial charge in [-0.15, -0.1) is 0 Å². The summed E-state index contributed by atoms with van der Waals surface area (Å²) in [4.78, 5) is 24.0. The summed E-state index contributed by atoms with van der Waals surface area (Å²) in [6, 6.07) is 3.54. The Labute approximate surface area is 233 Å². The van der Waals surface area contributed by atoms with Gasteiger partial charge < -0.3 is 24.2 Å². The highest BCUT2D eigenvalue weighted by molar-refractivity contribution is 5.69. The summed E-state index contributed by atoms with van der Waals surface area (Å²) in [6.45, 7) is 11.9. The number of alkyl halides is 3. The highest BCUT2D eigenvalue weighted by Crippen LogP contribution is 2.41.